The average Bonchev–Trinajstić information content (AvgIpc) is 2.20. The van der Waals surface area contributed by atoms with E-state index in [1.165, 1.54) is 6.07 Å². The first kappa shape index (κ1) is 12.0. The average molecular weight is 211 g/mol. The van der Waals surface area contributed by atoms with Gasteiger partial charge >= 0.3 is 0 Å². The normalized spacial score (nSPS) is 12.5. The lowest BCUT2D eigenvalue weighted by Crippen LogP contribution is -2.15. The van der Waals surface area contributed by atoms with Crippen LogP contribution in [0.4, 0.5) is 10.1 Å². The molecule has 0 amide bonds. The van der Waals surface area contributed by atoms with Gasteiger partial charge < -0.3 is 10.1 Å². The summed E-state index contributed by atoms with van der Waals surface area (Å²) in [4.78, 5) is 0. The largest absolute Gasteiger partial charge is 0.385 e. The molecule has 0 aliphatic carbocycles. The summed E-state index contributed by atoms with van der Waals surface area (Å²) >= 11 is 0. The van der Waals surface area contributed by atoms with Crippen LogP contribution in [0.5, 0.6) is 0 Å². The third-order valence-electron chi connectivity index (χ3n) is 2.28. The number of methoxy groups -OCH3 is 1. The van der Waals surface area contributed by atoms with Crippen LogP contribution < -0.4 is 5.32 Å². The minimum Gasteiger partial charge on any atom is -0.385 e. The van der Waals surface area contributed by atoms with Gasteiger partial charge in [-0.2, -0.15) is 0 Å². The van der Waals surface area contributed by atoms with Crippen LogP contribution in [0.2, 0.25) is 0 Å². The molecule has 0 fully saturated rings. The van der Waals surface area contributed by atoms with E-state index in [0.29, 0.717) is 18.1 Å². The lowest BCUT2D eigenvalue weighted by Gasteiger charge is -2.12. The first-order valence-corrected chi connectivity index (χ1v) is 5.12. The van der Waals surface area contributed by atoms with Crippen LogP contribution in [0.25, 0.3) is 0 Å². The molecule has 0 heterocycles. The number of aryl methyl sites for hydroxylation is 1. The second-order valence-electron chi connectivity index (χ2n) is 3.91. The van der Waals surface area contributed by atoms with Gasteiger partial charge in [0.15, 0.2) is 0 Å². The number of halogens is 1. The Morgan fingerprint density at radius 2 is 2.20 bits per heavy atom. The van der Waals surface area contributed by atoms with Crippen molar-refractivity contribution in [1.82, 2.24) is 0 Å². The number of ether oxygens (including phenoxy) is 1. The molecule has 0 saturated carbocycles. The Balaban J connectivity index is 2.47. The maximum absolute atomic E-state index is 13.2. The van der Waals surface area contributed by atoms with Crippen LogP contribution in [0.1, 0.15) is 12.5 Å². The van der Waals surface area contributed by atoms with Gasteiger partial charge in [-0.05, 0) is 30.5 Å². The molecule has 0 radical (unpaired) electrons. The van der Waals surface area contributed by atoms with E-state index in [1.807, 2.05) is 6.07 Å². The van der Waals surface area contributed by atoms with Gasteiger partial charge in [0.2, 0.25) is 0 Å². The number of hydrogen-bond donors (Lipinski definition) is 1. The Hall–Kier alpha value is -1.09. The smallest absolute Gasteiger partial charge is 0.128 e. The highest BCUT2D eigenvalue weighted by molar-refractivity contribution is 5.45. The summed E-state index contributed by atoms with van der Waals surface area (Å²) in [5.41, 5.74) is 1.49. The van der Waals surface area contributed by atoms with Gasteiger partial charge in [0, 0.05) is 19.3 Å². The first-order chi connectivity index (χ1) is 7.13. The van der Waals surface area contributed by atoms with Gasteiger partial charge in [-0.25, -0.2) is 4.39 Å². The quantitative estimate of drug-likeness (QED) is 0.808. The lowest BCUT2D eigenvalue weighted by molar-refractivity contribution is 0.164. The molecule has 0 aromatic heterocycles. The summed E-state index contributed by atoms with van der Waals surface area (Å²) in [7, 11) is 1.68. The van der Waals surface area contributed by atoms with Crippen LogP contribution in [-0.2, 0) is 4.74 Å². The first-order valence-electron chi connectivity index (χ1n) is 5.12. The molecule has 1 atom stereocenters. The van der Waals surface area contributed by atoms with Crippen molar-refractivity contribution in [3.8, 4) is 0 Å². The van der Waals surface area contributed by atoms with Crippen molar-refractivity contribution < 1.29 is 9.13 Å². The molecule has 0 aliphatic rings. The SMILES string of the molecule is COCC(C)CNc1ccc(C)c(F)c1. The van der Waals surface area contributed by atoms with Crippen molar-refractivity contribution in [3.63, 3.8) is 0 Å². The number of nitrogens with one attached hydrogen (secondary N) is 1. The van der Waals surface area contributed by atoms with Crippen LogP contribution in [-0.4, -0.2) is 20.3 Å². The summed E-state index contributed by atoms with van der Waals surface area (Å²) < 4.78 is 18.2. The van der Waals surface area contributed by atoms with Gasteiger partial charge in [0.1, 0.15) is 5.82 Å². The minimum atomic E-state index is -0.167. The molecule has 1 rings (SSSR count). The summed E-state index contributed by atoms with van der Waals surface area (Å²) in [5, 5.41) is 3.18. The van der Waals surface area contributed by atoms with Crippen molar-refractivity contribution in [2.45, 2.75) is 13.8 Å². The van der Waals surface area contributed by atoms with E-state index >= 15 is 0 Å². The highest BCUT2D eigenvalue weighted by atomic mass is 19.1. The highest BCUT2D eigenvalue weighted by Crippen LogP contribution is 2.13. The number of benzene rings is 1. The van der Waals surface area contributed by atoms with Crippen LogP contribution in [0, 0.1) is 18.7 Å². The Morgan fingerprint density at radius 1 is 1.47 bits per heavy atom. The van der Waals surface area contributed by atoms with E-state index < -0.39 is 0 Å². The summed E-state index contributed by atoms with van der Waals surface area (Å²) in [6.45, 7) is 5.34. The van der Waals surface area contributed by atoms with Crippen LogP contribution in [0.3, 0.4) is 0 Å². The van der Waals surface area contributed by atoms with Gasteiger partial charge in [-0.15, -0.1) is 0 Å². The molecular weight excluding hydrogens is 193 g/mol. The van der Waals surface area contributed by atoms with Gasteiger partial charge in [0.25, 0.3) is 0 Å². The minimum absolute atomic E-state index is 0.167. The van der Waals surface area contributed by atoms with E-state index in [2.05, 4.69) is 12.2 Å². The molecule has 1 N–H and O–H groups in total. The number of rotatable bonds is 5. The van der Waals surface area contributed by atoms with Gasteiger partial charge in [0.05, 0.1) is 6.61 Å². The van der Waals surface area contributed by atoms with Crippen molar-refractivity contribution in [1.29, 1.82) is 0 Å². The van der Waals surface area contributed by atoms with Crippen LogP contribution >= 0.6 is 0 Å². The second-order valence-corrected chi connectivity index (χ2v) is 3.91. The Morgan fingerprint density at radius 3 is 2.80 bits per heavy atom. The standard InChI is InChI=1S/C12H18FNO/c1-9(8-15-3)7-14-11-5-4-10(2)12(13)6-11/h4-6,9,14H,7-8H2,1-3H3. The molecule has 3 heteroatoms. The van der Waals surface area contributed by atoms with Gasteiger partial charge in [-0.1, -0.05) is 13.0 Å². The molecular formula is C12H18FNO. The molecule has 1 aromatic rings. The third kappa shape index (κ3) is 3.88. The predicted octanol–water partition coefficient (Wildman–Crippen LogP) is 2.83. The molecule has 1 unspecified atom stereocenters. The Kier molecular flexibility index (Phi) is 4.56. The monoisotopic (exact) mass is 211 g/mol. The van der Waals surface area contributed by atoms with E-state index in [1.54, 1.807) is 20.1 Å². The fourth-order valence-corrected chi connectivity index (χ4v) is 1.34. The summed E-state index contributed by atoms with van der Waals surface area (Å²) in [5.74, 6) is 0.249. The number of anilines is 1. The molecule has 0 bridgehead atoms. The molecule has 0 aliphatic heterocycles. The maximum atomic E-state index is 13.2. The second kappa shape index (κ2) is 5.71. The van der Waals surface area contributed by atoms with E-state index in [-0.39, 0.29) is 5.82 Å². The molecule has 84 valence electrons. The van der Waals surface area contributed by atoms with E-state index in [0.717, 1.165) is 12.2 Å². The van der Waals surface area contributed by atoms with E-state index in [9.17, 15) is 4.39 Å². The van der Waals surface area contributed by atoms with Crippen molar-refractivity contribution in [2.75, 3.05) is 25.6 Å². The van der Waals surface area contributed by atoms with E-state index in [4.69, 9.17) is 4.74 Å². The molecule has 1 aromatic carbocycles. The van der Waals surface area contributed by atoms with Crippen LogP contribution in [0.15, 0.2) is 18.2 Å². The van der Waals surface area contributed by atoms with Crippen molar-refractivity contribution in [3.05, 3.63) is 29.6 Å². The number of hydrogen-bond acceptors (Lipinski definition) is 2. The predicted molar refractivity (Wildman–Crippen MR) is 60.7 cm³/mol. The molecule has 15 heavy (non-hydrogen) atoms. The molecule has 2 nitrogen and oxygen atoms in total. The highest BCUT2D eigenvalue weighted by Gasteiger charge is 2.02. The summed E-state index contributed by atoms with van der Waals surface area (Å²) in [6, 6.07) is 5.19. The third-order valence-corrected chi connectivity index (χ3v) is 2.28. The van der Waals surface area contributed by atoms with Crippen molar-refractivity contribution >= 4 is 5.69 Å². The molecule has 0 saturated heterocycles. The Labute approximate surface area is 90.4 Å². The zero-order chi connectivity index (χ0) is 11.3. The fourth-order valence-electron chi connectivity index (χ4n) is 1.34. The maximum Gasteiger partial charge on any atom is 0.128 e. The lowest BCUT2D eigenvalue weighted by atomic mass is 10.2. The summed E-state index contributed by atoms with van der Waals surface area (Å²) in [6.07, 6.45) is 0. The van der Waals surface area contributed by atoms with Gasteiger partial charge in [-0.3, -0.25) is 0 Å². The zero-order valence-electron chi connectivity index (χ0n) is 9.51. The topological polar surface area (TPSA) is 21.3 Å². The fraction of sp³-hybridized carbons (Fsp3) is 0.500. The Bertz CT molecular complexity index is 314. The zero-order valence-corrected chi connectivity index (χ0v) is 9.51. The van der Waals surface area contributed by atoms with Crippen molar-refractivity contribution in [2.24, 2.45) is 5.92 Å². The molecule has 0 spiro atoms.